The standard InChI is InChI=1S/C15H17N3O2S/c16-15(20)12-6-13(21-10-12)8-17-9-14(19)18-7-11-4-2-1-3-5-11/h1-6,10,17H,7-9H2,(H2,16,20)(H,18,19). The summed E-state index contributed by atoms with van der Waals surface area (Å²) in [7, 11) is 0. The molecule has 0 unspecified atom stereocenters. The van der Waals surface area contributed by atoms with E-state index in [1.165, 1.54) is 11.3 Å². The van der Waals surface area contributed by atoms with Crippen molar-refractivity contribution in [2.24, 2.45) is 5.73 Å². The molecule has 0 bridgehead atoms. The van der Waals surface area contributed by atoms with E-state index in [9.17, 15) is 9.59 Å². The molecule has 4 N–H and O–H groups in total. The summed E-state index contributed by atoms with van der Waals surface area (Å²) >= 11 is 1.44. The first kappa shape index (κ1) is 15.2. The average molecular weight is 303 g/mol. The van der Waals surface area contributed by atoms with E-state index >= 15 is 0 Å². The number of rotatable bonds is 7. The summed E-state index contributed by atoms with van der Waals surface area (Å²) in [5.74, 6) is -0.497. The largest absolute Gasteiger partial charge is 0.366 e. The fourth-order valence-corrected chi connectivity index (χ4v) is 2.60. The zero-order valence-electron chi connectivity index (χ0n) is 11.5. The van der Waals surface area contributed by atoms with Crippen LogP contribution in [0.2, 0.25) is 0 Å². The molecule has 21 heavy (non-hydrogen) atoms. The van der Waals surface area contributed by atoms with Gasteiger partial charge < -0.3 is 16.4 Å². The van der Waals surface area contributed by atoms with Crippen LogP contribution in [0.4, 0.5) is 0 Å². The van der Waals surface area contributed by atoms with Gasteiger partial charge in [-0.05, 0) is 11.6 Å². The van der Waals surface area contributed by atoms with Crippen molar-refractivity contribution in [1.82, 2.24) is 10.6 Å². The molecule has 0 saturated carbocycles. The Kier molecular flexibility index (Phi) is 5.48. The molecule has 2 aromatic rings. The molecule has 0 aliphatic heterocycles. The van der Waals surface area contributed by atoms with Crippen LogP contribution >= 0.6 is 11.3 Å². The van der Waals surface area contributed by atoms with Crippen LogP contribution in [0.3, 0.4) is 0 Å². The van der Waals surface area contributed by atoms with E-state index in [4.69, 9.17) is 5.73 Å². The molecule has 0 atom stereocenters. The van der Waals surface area contributed by atoms with Gasteiger partial charge in [0.1, 0.15) is 0 Å². The Morgan fingerprint density at radius 3 is 2.57 bits per heavy atom. The van der Waals surface area contributed by atoms with Crippen LogP contribution in [0.25, 0.3) is 0 Å². The number of primary amides is 1. The van der Waals surface area contributed by atoms with Crippen molar-refractivity contribution >= 4 is 23.2 Å². The van der Waals surface area contributed by atoms with Gasteiger partial charge in [0.2, 0.25) is 11.8 Å². The maximum Gasteiger partial charge on any atom is 0.249 e. The Bertz CT molecular complexity index is 610. The maximum atomic E-state index is 11.7. The number of hydrogen-bond acceptors (Lipinski definition) is 4. The van der Waals surface area contributed by atoms with Crippen LogP contribution in [0.15, 0.2) is 41.8 Å². The molecule has 0 spiro atoms. The molecule has 1 aromatic heterocycles. The quantitative estimate of drug-likeness (QED) is 0.720. The van der Waals surface area contributed by atoms with Crippen molar-refractivity contribution in [1.29, 1.82) is 0 Å². The summed E-state index contributed by atoms with van der Waals surface area (Å²) in [6, 6.07) is 11.5. The van der Waals surface area contributed by atoms with Crippen molar-refractivity contribution < 1.29 is 9.59 Å². The molecular formula is C15H17N3O2S. The Labute approximate surface area is 127 Å². The van der Waals surface area contributed by atoms with Crippen molar-refractivity contribution in [3.8, 4) is 0 Å². The summed E-state index contributed by atoms with van der Waals surface area (Å²) in [6.45, 7) is 1.29. The van der Waals surface area contributed by atoms with Gasteiger partial charge >= 0.3 is 0 Å². The van der Waals surface area contributed by atoms with Gasteiger partial charge in [-0.1, -0.05) is 30.3 Å². The molecule has 110 valence electrons. The summed E-state index contributed by atoms with van der Waals surface area (Å²) in [4.78, 5) is 23.6. The van der Waals surface area contributed by atoms with Gasteiger partial charge in [-0.25, -0.2) is 0 Å². The monoisotopic (exact) mass is 303 g/mol. The lowest BCUT2D eigenvalue weighted by molar-refractivity contribution is -0.120. The molecule has 2 amide bonds. The third kappa shape index (κ3) is 5.02. The molecule has 0 fully saturated rings. The van der Waals surface area contributed by atoms with Gasteiger partial charge in [-0.2, -0.15) is 0 Å². The van der Waals surface area contributed by atoms with Crippen LogP contribution in [0, 0.1) is 0 Å². The van der Waals surface area contributed by atoms with Crippen molar-refractivity contribution in [2.75, 3.05) is 6.54 Å². The van der Waals surface area contributed by atoms with E-state index in [1.807, 2.05) is 30.3 Å². The molecule has 6 heteroatoms. The van der Waals surface area contributed by atoms with Crippen molar-refractivity contribution in [3.63, 3.8) is 0 Å². The first-order chi connectivity index (χ1) is 10.1. The van der Waals surface area contributed by atoms with E-state index in [-0.39, 0.29) is 12.5 Å². The predicted molar refractivity (Wildman–Crippen MR) is 82.8 cm³/mol. The molecule has 1 heterocycles. The number of nitrogens with two attached hydrogens (primary N) is 1. The van der Waals surface area contributed by atoms with E-state index in [0.717, 1.165) is 10.4 Å². The van der Waals surface area contributed by atoms with Gasteiger partial charge in [0.05, 0.1) is 12.1 Å². The third-order valence-corrected chi connectivity index (χ3v) is 3.79. The molecule has 0 saturated heterocycles. The SMILES string of the molecule is NC(=O)c1csc(CNCC(=O)NCc2ccccc2)c1. The number of nitrogens with one attached hydrogen (secondary N) is 2. The van der Waals surface area contributed by atoms with Gasteiger partial charge in [0.25, 0.3) is 0 Å². The number of benzene rings is 1. The van der Waals surface area contributed by atoms with Gasteiger partial charge in [0.15, 0.2) is 0 Å². The van der Waals surface area contributed by atoms with Gasteiger partial charge in [-0.15, -0.1) is 11.3 Å². The molecule has 0 radical (unpaired) electrons. The smallest absolute Gasteiger partial charge is 0.249 e. The second kappa shape index (κ2) is 7.56. The predicted octanol–water partition coefficient (Wildman–Crippen LogP) is 1.25. The Hall–Kier alpha value is -2.18. The summed E-state index contributed by atoms with van der Waals surface area (Å²) in [6.07, 6.45) is 0. The molecule has 0 aliphatic rings. The lowest BCUT2D eigenvalue weighted by Crippen LogP contribution is -2.33. The minimum Gasteiger partial charge on any atom is -0.366 e. The lowest BCUT2D eigenvalue weighted by atomic mass is 10.2. The molecular weight excluding hydrogens is 286 g/mol. The summed E-state index contributed by atoms with van der Waals surface area (Å²) in [5.41, 5.74) is 6.75. The molecule has 0 aliphatic carbocycles. The number of carbonyl (C=O) groups excluding carboxylic acids is 2. The zero-order valence-corrected chi connectivity index (χ0v) is 12.3. The van der Waals surface area contributed by atoms with Crippen molar-refractivity contribution in [2.45, 2.75) is 13.1 Å². The zero-order chi connectivity index (χ0) is 15.1. The second-order valence-corrected chi connectivity index (χ2v) is 5.53. The second-order valence-electron chi connectivity index (χ2n) is 4.53. The van der Waals surface area contributed by atoms with Gasteiger partial charge in [0, 0.05) is 23.3 Å². The minimum absolute atomic E-state index is 0.0643. The fourth-order valence-electron chi connectivity index (χ4n) is 1.76. The number of hydrogen-bond donors (Lipinski definition) is 3. The number of carbonyl (C=O) groups is 2. The van der Waals surface area contributed by atoms with Crippen LogP contribution in [0.5, 0.6) is 0 Å². The number of amides is 2. The van der Waals surface area contributed by atoms with Crippen molar-refractivity contribution in [3.05, 3.63) is 57.8 Å². The fraction of sp³-hybridized carbons (Fsp3) is 0.200. The highest BCUT2D eigenvalue weighted by molar-refractivity contribution is 7.10. The average Bonchev–Trinajstić information content (AvgIpc) is 2.95. The van der Waals surface area contributed by atoms with E-state index in [0.29, 0.717) is 18.7 Å². The lowest BCUT2D eigenvalue weighted by Gasteiger charge is -2.06. The summed E-state index contributed by atoms with van der Waals surface area (Å²) < 4.78 is 0. The van der Waals surface area contributed by atoms with Gasteiger partial charge in [-0.3, -0.25) is 9.59 Å². The normalized spacial score (nSPS) is 10.3. The third-order valence-electron chi connectivity index (χ3n) is 2.86. The topological polar surface area (TPSA) is 84.2 Å². The first-order valence-corrected chi connectivity index (χ1v) is 7.41. The van der Waals surface area contributed by atoms with E-state index in [2.05, 4.69) is 10.6 Å². The molecule has 2 rings (SSSR count). The van der Waals surface area contributed by atoms with Crippen LogP contribution in [-0.4, -0.2) is 18.4 Å². The summed E-state index contributed by atoms with van der Waals surface area (Å²) in [5, 5.41) is 7.59. The highest BCUT2D eigenvalue weighted by Gasteiger charge is 2.05. The van der Waals surface area contributed by atoms with E-state index < -0.39 is 5.91 Å². The highest BCUT2D eigenvalue weighted by atomic mass is 32.1. The van der Waals surface area contributed by atoms with Crippen LogP contribution in [0.1, 0.15) is 20.8 Å². The Morgan fingerprint density at radius 1 is 1.14 bits per heavy atom. The van der Waals surface area contributed by atoms with E-state index in [1.54, 1.807) is 11.4 Å². The molecule has 5 nitrogen and oxygen atoms in total. The van der Waals surface area contributed by atoms with Crippen LogP contribution in [-0.2, 0) is 17.9 Å². The molecule has 1 aromatic carbocycles. The minimum atomic E-state index is -0.432. The first-order valence-electron chi connectivity index (χ1n) is 6.53. The highest BCUT2D eigenvalue weighted by Crippen LogP contribution is 2.13. The van der Waals surface area contributed by atoms with Crippen LogP contribution < -0.4 is 16.4 Å². The Morgan fingerprint density at radius 2 is 1.90 bits per heavy atom. The maximum absolute atomic E-state index is 11.7. The number of thiophene rings is 1. The Balaban J connectivity index is 1.68.